The number of hydrogen-bond acceptors (Lipinski definition) is 13. The smallest absolute Gasteiger partial charge is 0.364 e. The van der Waals surface area contributed by atoms with Gasteiger partial charge in [-0.2, -0.15) is 4.57 Å². The largest absolute Gasteiger partial charge is 0.477 e. The summed E-state index contributed by atoms with van der Waals surface area (Å²) in [5.74, 6) is -1.11. The van der Waals surface area contributed by atoms with Crippen molar-refractivity contribution in [1.29, 1.82) is 0 Å². The van der Waals surface area contributed by atoms with Crippen LogP contribution in [0.3, 0.4) is 0 Å². The van der Waals surface area contributed by atoms with Crippen LogP contribution in [-0.2, 0) is 26.3 Å². The number of carboxylic acid groups (broad SMARTS) is 1. The van der Waals surface area contributed by atoms with E-state index in [0.29, 0.717) is 22.4 Å². The van der Waals surface area contributed by atoms with Gasteiger partial charge in [-0.25, -0.2) is 9.78 Å². The van der Waals surface area contributed by atoms with Crippen molar-refractivity contribution in [1.82, 2.24) is 20.2 Å². The van der Waals surface area contributed by atoms with Gasteiger partial charge in [-0.3, -0.25) is 14.5 Å². The Bertz CT molecular complexity index is 1350. The maximum absolute atomic E-state index is 13.1. The van der Waals surface area contributed by atoms with E-state index in [1.807, 2.05) is 0 Å². The molecule has 0 radical (unpaired) electrons. The Labute approximate surface area is 229 Å². The number of anilines is 2. The number of thioether (sulfide) groups is 2. The number of hydrogen-bond donors (Lipinski definition) is 4. The fourth-order valence-corrected chi connectivity index (χ4v) is 6.76. The van der Waals surface area contributed by atoms with Crippen LogP contribution in [0.15, 0.2) is 33.0 Å². The molecule has 4 rings (SSSR count). The number of aromatic nitrogens is 3. The van der Waals surface area contributed by atoms with Gasteiger partial charge in [0.25, 0.3) is 17.7 Å². The first-order valence-electron chi connectivity index (χ1n) is 11.1. The minimum atomic E-state index is -1.23. The van der Waals surface area contributed by atoms with Gasteiger partial charge in [0.15, 0.2) is 10.8 Å². The molecule has 0 aromatic carbocycles. The molecular formula is C21H25N8O6S3+. The van der Waals surface area contributed by atoms with E-state index < -0.39 is 29.2 Å². The van der Waals surface area contributed by atoms with E-state index in [0.717, 1.165) is 11.3 Å². The van der Waals surface area contributed by atoms with Crippen LogP contribution in [0.5, 0.6) is 5.88 Å². The molecule has 2 aromatic rings. The third-order valence-corrected chi connectivity index (χ3v) is 8.63. The average Bonchev–Trinajstić information content (AvgIpc) is 3.32. The third kappa shape index (κ3) is 5.34. The number of oxime groups is 1. The monoisotopic (exact) mass is 581 g/mol. The molecule has 0 saturated carbocycles. The summed E-state index contributed by atoms with van der Waals surface area (Å²) in [6, 6.07) is 0.630. The molecule has 2 amide bonds. The highest BCUT2D eigenvalue weighted by atomic mass is 32.2. The number of carbonyl (C=O) groups excluding carboxylic acids is 2. The molecule has 1 fully saturated rings. The van der Waals surface area contributed by atoms with Gasteiger partial charge < -0.3 is 31.5 Å². The summed E-state index contributed by atoms with van der Waals surface area (Å²) in [5.41, 5.74) is 12.1. The number of methoxy groups -OCH3 is 1. The number of nitrogens with two attached hydrogens (primary N) is 2. The predicted octanol–water partition coefficient (Wildman–Crippen LogP) is -0.193. The van der Waals surface area contributed by atoms with E-state index in [-0.39, 0.29) is 40.4 Å². The highest BCUT2D eigenvalue weighted by molar-refractivity contribution is 8.01. The number of nitrogen functional groups attached to an aromatic ring is 2. The van der Waals surface area contributed by atoms with Crippen molar-refractivity contribution < 1.29 is 33.6 Å². The van der Waals surface area contributed by atoms with E-state index in [1.165, 1.54) is 35.5 Å². The molecule has 6 N–H and O–H groups in total. The lowest BCUT2D eigenvalue weighted by Gasteiger charge is -2.49. The van der Waals surface area contributed by atoms with Gasteiger partial charge in [-0.05, 0) is 29.2 Å². The number of fused-ring (bicyclic) bond motifs is 1. The second-order valence-electron chi connectivity index (χ2n) is 7.90. The summed E-state index contributed by atoms with van der Waals surface area (Å²) < 4.78 is 6.98. The van der Waals surface area contributed by atoms with Crippen molar-refractivity contribution in [3.63, 3.8) is 0 Å². The number of nitrogens with one attached hydrogen (secondary N) is 1. The Kier molecular flexibility index (Phi) is 8.27. The summed E-state index contributed by atoms with van der Waals surface area (Å²) in [5, 5.41) is 18.2. The van der Waals surface area contributed by atoms with Crippen LogP contribution in [0.25, 0.3) is 0 Å². The minimum absolute atomic E-state index is 0.106. The Morgan fingerprint density at radius 2 is 2.16 bits per heavy atom. The molecule has 2 aromatic heterocycles. The normalized spacial score (nSPS) is 19.1. The zero-order valence-electron chi connectivity index (χ0n) is 20.5. The molecule has 38 heavy (non-hydrogen) atoms. The van der Waals surface area contributed by atoms with E-state index in [1.54, 1.807) is 30.0 Å². The number of carbonyl (C=O) groups is 3. The number of carboxylic acids is 1. The zero-order valence-corrected chi connectivity index (χ0v) is 23.0. The lowest BCUT2D eigenvalue weighted by atomic mass is 10.0. The van der Waals surface area contributed by atoms with Crippen LogP contribution in [0, 0.1) is 0 Å². The first-order chi connectivity index (χ1) is 18.2. The van der Waals surface area contributed by atoms with Crippen molar-refractivity contribution >= 4 is 69.3 Å². The number of nitrogens with zero attached hydrogens (tertiary/aromatic N) is 5. The maximum Gasteiger partial charge on any atom is 0.364 e. The van der Waals surface area contributed by atoms with Gasteiger partial charge in [0, 0.05) is 16.9 Å². The van der Waals surface area contributed by atoms with Crippen LogP contribution in [0.2, 0.25) is 0 Å². The Balaban J connectivity index is 1.51. The van der Waals surface area contributed by atoms with Gasteiger partial charge in [0.2, 0.25) is 5.82 Å². The third-order valence-electron chi connectivity index (χ3n) is 5.50. The molecule has 1 saturated heterocycles. The maximum atomic E-state index is 13.1. The Hall–Kier alpha value is -3.57. The van der Waals surface area contributed by atoms with Gasteiger partial charge in [0.05, 0.1) is 20.2 Å². The summed E-state index contributed by atoms with van der Waals surface area (Å²) in [7, 11) is 3.26. The van der Waals surface area contributed by atoms with Crippen molar-refractivity contribution in [3.8, 4) is 5.88 Å². The summed E-state index contributed by atoms with van der Waals surface area (Å²) >= 11 is 3.75. The molecule has 17 heteroatoms. The molecule has 2 aliphatic rings. The standard InChI is InChI=1S/C21H24N8O6S3/c1-4-35-27-13(10-8-37-20(23)24-10)16(30)26-14-17(31)29-15(19(32)33)9(6-36-18(14)29)7-38-21-25-11(22)5-12(34-3)28(21)2/h5,8,14,18,22H,4,6-7H2,1-3H3,(H4,23,24,26,30,32,33)/p+1/b27-13-/t14?,18-/m1/s1. The fourth-order valence-electron chi connectivity index (χ4n) is 3.75. The van der Waals surface area contributed by atoms with Crippen LogP contribution >= 0.6 is 34.9 Å². The van der Waals surface area contributed by atoms with Crippen LogP contribution in [0.1, 0.15) is 12.6 Å². The predicted molar refractivity (Wildman–Crippen MR) is 141 cm³/mol. The zero-order chi connectivity index (χ0) is 27.6. The number of aliphatic carboxylic acids is 1. The molecule has 4 heterocycles. The van der Waals surface area contributed by atoms with E-state index in [4.69, 9.17) is 21.0 Å². The van der Waals surface area contributed by atoms with Crippen molar-refractivity contribution in [2.75, 3.05) is 36.7 Å². The molecule has 0 spiro atoms. The second-order valence-corrected chi connectivity index (χ2v) is 10.8. The molecule has 14 nitrogen and oxygen atoms in total. The lowest BCUT2D eigenvalue weighted by Crippen LogP contribution is -2.71. The number of rotatable bonds is 10. The summed E-state index contributed by atoms with van der Waals surface area (Å²) in [6.45, 7) is 1.92. The molecule has 0 bridgehead atoms. The second kappa shape index (κ2) is 11.4. The quantitative estimate of drug-likeness (QED) is 0.0721. The van der Waals surface area contributed by atoms with Crippen molar-refractivity contribution in [2.24, 2.45) is 12.2 Å². The average molecular weight is 582 g/mol. The number of amides is 2. The minimum Gasteiger partial charge on any atom is -0.477 e. The van der Waals surface area contributed by atoms with E-state index in [2.05, 4.69) is 20.4 Å². The molecule has 202 valence electrons. The Morgan fingerprint density at radius 1 is 1.39 bits per heavy atom. The number of thiazole rings is 1. The highest BCUT2D eigenvalue weighted by Crippen LogP contribution is 2.41. The fraction of sp³-hybridized carbons (Fsp3) is 0.381. The van der Waals surface area contributed by atoms with Gasteiger partial charge in [-0.15, -0.1) is 23.1 Å². The lowest BCUT2D eigenvalue weighted by molar-refractivity contribution is -0.717. The molecule has 2 atom stereocenters. The van der Waals surface area contributed by atoms with E-state index in [9.17, 15) is 19.5 Å². The SMILES string of the molecule is CCO/N=C(\C(=O)NC1C(=O)N2C(C(=O)O)=C(CSc3nc(N)cc(OC)[n+]3C)CS[C@H]12)c1csc(N)n1. The van der Waals surface area contributed by atoms with Gasteiger partial charge >= 0.3 is 11.1 Å². The molecular weight excluding hydrogens is 556 g/mol. The van der Waals surface area contributed by atoms with Gasteiger partial charge in [0.1, 0.15) is 29.4 Å². The summed E-state index contributed by atoms with van der Waals surface area (Å²) in [6.07, 6.45) is 0. The van der Waals surface area contributed by atoms with Crippen LogP contribution < -0.4 is 26.1 Å². The van der Waals surface area contributed by atoms with Crippen molar-refractivity contribution in [3.05, 3.63) is 28.4 Å². The molecule has 0 aliphatic carbocycles. The van der Waals surface area contributed by atoms with E-state index >= 15 is 0 Å². The molecule has 1 unspecified atom stereocenters. The van der Waals surface area contributed by atoms with Crippen LogP contribution in [-0.4, -0.2) is 80.1 Å². The first-order valence-corrected chi connectivity index (χ1v) is 14.0. The van der Waals surface area contributed by atoms with Crippen molar-refractivity contribution in [2.45, 2.75) is 23.5 Å². The first kappa shape index (κ1) is 27.5. The molecule has 2 aliphatic heterocycles. The number of ether oxygens (including phenoxy) is 1. The summed E-state index contributed by atoms with van der Waals surface area (Å²) in [4.78, 5) is 52.9. The number of β-lactam (4-membered cyclic amide) rings is 1. The highest BCUT2D eigenvalue weighted by Gasteiger charge is 2.54. The topological polar surface area (TPSA) is 199 Å². The Morgan fingerprint density at radius 3 is 2.79 bits per heavy atom. The van der Waals surface area contributed by atoms with Crippen LogP contribution in [0.4, 0.5) is 10.9 Å². The van der Waals surface area contributed by atoms with Gasteiger partial charge in [-0.1, -0.05) is 5.16 Å².